The molecule has 144 valence electrons. The molecule has 0 amide bonds. The van der Waals surface area contributed by atoms with Crippen LogP contribution in [-0.2, 0) is 9.53 Å². The maximum atomic E-state index is 12.9. The van der Waals surface area contributed by atoms with E-state index < -0.39 is 17.6 Å². The summed E-state index contributed by atoms with van der Waals surface area (Å²) in [5.74, 6) is 0.288. The lowest BCUT2D eigenvalue weighted by atomic mass is 9.95. The number of hydrogen-bond acceptors (Lipinski definition) is 8. The molecule has 1 atom stereocenters. The van der Waals surface area contributed by atoms with E-state index in [2.05, 4.69) is 20.8 Å². The van der Waals surface area contributed by atoms with Crippen LogP contribution in [-0.4, -0.2) is 43.5 Å². The second-order valence-electron chi connectivity index (χ2n) is 7.18. The molecule has 0 saturated heterocycles. The largest absolute Gasteiger partial charge is 0.504 e. The van der Waals surface area contributed by atoms with E-state index >= 15 is 0 Å². The summed E-state index contributed by atoms with van der Waals surface area (Å²) in [7, 11) is 0. The van der Waals surface area contributed by atoms with E-state index in [0.717, 1.165) is 0 Å². The van der Waals surface area contributed by atoms with Crippen LogP contribution in [0.25, 0.3) is 0 Å². The van der Waals surface area contributed by atoms with Gasteiger partial charge in [-0.3, -0.25) is 0 Å². The highest BCUT2D eigenvalue weighted by Gasteiger charge is 2.36. The molecule has 27 heavy (non-hydrogen) atoms. The molecule has 1 aliphatic heterocycles. The smallest absolute Gasteiger partial charge is 0.338 e. The molecule has 0 radical (unpaired) electrons. The number of aromatic nitrogens is 4. The topological polar surface area (TPSA) is 111 Å². The van der Waals surface area contributed by atoms with Gasteiger partial charge in [0.15, 0.2) is 11.5 Å². The predicted molar refractivity (Wildman–Crippen MR) is 97.4 cm³/mol. The molecule has 1 aromatic heterocycles. The van der Waals surface area contributed by atoms with Gasteiger partial charge in [-0.25, -0.2) is 4.79 Å². The van der Waals surface area contributed by atoms with Crippen molar-refractivity contribution < 1.29 is 19.4 Å². The first-order valence-corrected chi connectivity index (χ1v) is 8.66. The summed E-state index contributed by atoms with van der Waals surface area (Å²) in [6.07, 6.45) is 0. The number of nitrogens with zero attached hydrogens (tertiary/aromatic N) is 4. The average Bonchev–Trinajstić information content (AvgIpc) is 3.02. The number of carbonyl (C=O) groups is 1. The Bertz CT molecular complexity index is 897. The van der Waals surface area contributed by atoms with E-state index in [1.807, 2.05) is 27.7 Å². The number of esters is 1. The van der Waals surface area contributed by atoms with Gasteiger partial charge in [0.25, 0.3) is 0 Å². The normalized spacial score (nSPS) is 16.6. The van der Waals surface area contributed by atoms with Crippen LogP contribution in [0.2, 0.25) is 0 Å². The van der Waals surface area contributed by atoms with Crippen LogP contribution in [0.15, 0.2) is 29.5 Å². The maximum Gasteiger partial charge on any atom is 0.338 e. The quantitative estimate of drug-likeness (QED) is 0.786. The van der Waals surface area contributed by atoms with Gasteiger partial charge in [-0.15, -0.1) is 0 Å². The van der Waals surface area contributed by atoms with E-state index in [-0.39, 0.29) is 5.75 Å². The number of benzene rings is 1. The fraction of sp³-hybridized carbons (Fsp3) is 0.444. The Morgan fingerprint density at radius 2 is 2.11 bits per heavy atom. The number of aromatic hydroxyl groups is 1. The van der Waals surface area contributed by atoms with Gasteiger partial charge in [-0.2, -0.15) is 4.68 Å². The SMILES string of the molecule is CCOc1cc([C@@H]2C(C(=O)OC(C)(C)C)=C(C)Nc3nnnn32)ccc1O. The van der Waals surface area contributed by atoms with Gasteiger partial charge >= 0.3 is 5.97 Å². The molecule has 0 spiro atoms. The lowest BCUT2D eigenvalue weighted by Gasteiger charge is -2.29. The number of phenols is 1. The maximum absolute atomic E-state index is 12.9. The van der Waals surface area contributed by atoms with E-state index in [0.29, 0.717) is 35.1 Å². The minimum atomic E-state index is -0.652. The van der Waals surface area contributed by atoms with Crippen molar-refractivity contribution in [1.82, 2.24) is 20.2 Å². The molecule has 0 bridgehead atoms. The van der Waals surface area contributed by atoms with Crippen molar-refractivity contribution in [3.63, 3.8) is 0 Å². The third-order valence-electron chi connectivity index (χ3n) is 3.93. The number of fused-ring (bicyclic) bond motifs is 1. The van der Waals surface area contributed by atoms with Crippen LogP contribution >= 0.6 is 0 Å². The zero-order valence-corrected chi connectivity index (χ0v) is 16.0. The lowest BCUT2D eigenvalue weighted by Crippen LogP contribution is -2.33. The molecule has 0 saturated carbocycles. The van der Waals surface area contributed by atoms with Crippen LogP contribution in [0.3, 0.4) is 0 Å². The summed E-state index contributed by atoms with van der Waals surface area (Å²) in [4.78, 5) is 12.9. The highest BCUT2D eigenvalue weighted by molar-refractivity contribution is 5.92. The van der Waals surface area contributed by atoms with Crippen molar-refractivity contribution in [2.45, 2.75) is 46.3 Å². The number of phenolic OH excluding ortho intramolecular Hbond substituents is 1. The Labute approximate surface area is 157 Å². The number of rotatable bonds is 4. The molecule has 2 heterocycles. The van der Waals surface area contributed by atoms with Gasteiger partial charge in [0.05, 0.1) is 12.2 Å². The molecule has 9 nitrogen and oxygen atoms in total. The van der Waals surface area contributed by atoms with Crippen molar-refractivity contribution in [3.8, 4) is 11.5 Å². The fourth-order valence-electron chi connectivity index (χ4n) is 2.89. The molecule has 0 fully saturated rings. The second-order valence-corrected chi connectivity index (χ2v) is 7.18. The van der Waals surface area contributed by atoms with E-state index in [9.17, 15) is 9.90 Å². The Morgan fingerprint density at radius 1 is 1.37 bits per heavy atom. The number of carbonyl (C=O) groups excluding carboxylic acids is 1. The zero-order valence-electron chi connectivity index (χ0n) is 16.0. The van der Waals surface area contributed by atoms with Crippen molar-refractivity contribution in [1.29, 1.82) is 0 Å². The summed E-state index contributed by atoms with van der Waals surface area (Å²) in [6, 6.07) is 4.29. The summed E-state index contributed by atoms with van der Waals surface area (Å²) < 4.78 is 12.6. The first-order chi connectivity index (χ1) is 12.7. The number of anilines is 1. The molecular weight excluding hydrogens is 350 g/mol. The third-order valence-corrected chi connectivity index (χ3v) is 3.93. The van der Waals surface area contributed by atoms with Gasteiger partial charge in [0.2, 0.25) is 5.95 Å². The Kier molecular flexibility index (Phi) is 4.77. The average molecular weight is 373 g/mol. The zero-order chi connectivity index (χ0) is 19.8. The fourth-order valence-corrected chi connectivity index (χ4v) is 2.89. The highest BCUT2D eigenvalue weighted by Crippen LogP contribution is 2.38. The number of allylic oxidation sites excluding steroid dienone is 1. The van der Waals surface area contributed by atoms with Crippen LogP contribution in [0.5, 0.6) is 11.5 Å². The first-order valence-electron chi connectivity index (χ1n) is 8.66. The summed E-state index contributed by atoms with van der Waals surface area (Å²) in [5.41, 5.74) is 1.02. The monoisotopic (exact) mass is 373 g/mol. The molecule has 2 N–H and O–H groups in total. The van der Waals surface area contributed by atoms with Gasteiger partial charge in [0.1, 0.15) is 11.6 Å². The third kappa shape index (κ3) is 3.71. The van der Waals surface area contributed by atoms with Crippen LogP contribution in [0, 0.1) is 0 Å². The van der Waals surface area contributed by atoms with Crippen molar-refractivity contribution in [2.24, 2.45) is 0 Å². The standard InChI is InChI=1S/C18H23N5O4/c1-6-26-13-9-11(7-8-12(13)24)15-14(16(25)27-18(3,4)5)10(2)19-17-20-21-22-23(15)17/h7-9,15,24H,6H2,1-5H3,(H,19,20,22)/t15-/m1/s1. The number of hydrogen-bond donors (Lipinski definition) is 2. The van der Waals surface area contributed by atoms with Gasteiger partial charge in [-0.05, 0) is 62.7 Å². The van der Waals surface area contributed by atoms with E-state index in [4.69, 9.17) is 9.47 Å². The summed E-state index contributed by atoms with van der Waals surface area (Å²) in [5, 5.41) is 24.7. The van der Waals surface area contributed by atoms with Crippen LogP contribution in [0.4, 0.5) is 5.95 Å². The number of tetrazole rings is 1. The Morgan fingerprint density at radius 3 is 2.78 bits per heavy atom. The van der Waals surface area contributed by atoms with Crippen molar-refractivity contribution in [3.05, 3.63) is 35.0 Å². The molecule has 1 aromatic carbocycles. The van der Waals surface area contributed by atoms with Crippen LogP contribution in [0.1, 0.15) is 46.2 Å². The Hall–Kier alpha value is -3.10. The van der Waals surface area contributed by atoms with Crippen molar-refractivity contribution >= 4 is 11.9 Å². The second kappa shape index (κ2) is 6.90. The summed E-state index contributed by atoms with van der Waals surface area (Å²) in [6.45, 7) is 9.42. The van der Waals surface area contributed by atoms with E-state index in [1.54, 1.807) is 19.1 Å². The predicted octanol–water partition coefficient (Wildman–Crippen LogP) is 2.41. The minimum absolute atomic E-state index is 0.0194. The van der Waals surface area contributed by atoms with E-state index in [1.165, 1.54) is 10.7 Å². The molecule has 0 aliphatic carbocycles. The van der Waals surface area contributed by atoms with Gasteiger partial charge < -0.3 is 19.9 Å². The molecular formula is C18H23N5O4. The highest BCUT2D eigenvalue weighted by atomic mass is 16.6. The van der Waals surface area contributed by atoms with Crippen LogP contribution < -0.4 is 10.1 Å². The molecule has 9 heteroatoms. The number of nitrogens with one attached hydrogen (secondary N) is 1. The summed E-state index contributed by atoms with van der Waals surface area (Å²) >= 11 is 0. The number of ether oxygens (including phenoxy) is 2. The molecule has 3 rings (SSSR count). The molecule has 1 aliphatic rings. The Balaban J connectivity index is 2.12. The van der Waals surface area contributed by atoms with Gasteiger partial charge in [-0.1, -0.05) is 11.2 Å². The molecule has 2 aromatic rings. The van der Waals surface area contributed by atoms with Gasteiger partial charge in [0, 0.05) is 5.70 Å². The van der Waals surface area contributed by atoms with Crippen molar-refractivity contribution in [2.75, 3.05) is 11.9 Å². The minimum Gasteiger partial charge on any atom is -0.504 e. The molecule has 0 unspecified atom stereocenters. The lowest BCUT2D eigenvalue weighted by molar-refractivity contribution is -0.150. The first kappa shape index (κ1) is 18.7.